The van der Waals surface area contributed by atoms with Crippen molar-refractivity contribution in [2.75, 3.05) is 11.9 Å². The average Bonchev–Trinajstić information content (AvgIpc) is 2.39. The normalized spacial score (nSPS) is 10.1. The highest BCUT2D eigenvalue weighted by Gasteiger charge is 2.13. The molecular formula is C12H11FN4S. The molecule has 0 aliphatic rings. The van der Waals surface area contributed by atoms with Crippen LogP contribution in [-0.2, 0) is 0 Å². The Kier molecular flexibility index (Phi) is 3.47. The zero-order valence-electron chi connectivity index (χ0n) is 9.67. The summed E-state index contributed by atoms with van der Waals surface area (Å²) >= 11 is 4.96. The van der Waals surface area contributed by atoms with Crippen molar-refractivity contribution in [2.45, 2.75) is 0 Å². The van der Waals surface area contributed by atoms with Crippen LogP contribution in [0.5, 0.6) is 0 Å². The van der Waals surface area contributed by atoms with Gasteiger partial charge in [0.2, 0.25) is 0 Å². The van der Waals surface area contributed by atoms with E-state index >= 15 is 0 Å². The van der Waals surface area contributed by atoms with Crippen LogP contribution in [0.1, 0.15) is 5.56 Å². The number of rotatable bonds is 3. The van der Waals surface area contributed by atoms with E-state index in [9.17, 15) is 4.39 Å². The third kappa shape index (κ3) is 2.43. The molecule has 0 saturated heterocycles. The lowest BCUT2D eigenvalue weighted by atomic mass is 10.2. The number of nitrogens with two attached hydrogens (primary N) is 1. The van der Waals surface area contributed by atoms with Crippen molar-refractivity contribution in [3.8, 4) is 0 Å². The van der Waals surface area contributed by atoms with Crippen molar-refractivity contribution in [3.05, 3.63) is 47.9 Å². The molecule has 0 amide bonds. The molecule has 4 nitrogen and oxygen atoms in total. The summed E-state index contributed by atoms with van der Waals surface area (Å²) in [6, 6.07) is 7.75. The van der Waals surface area contributed by atoms with Crippen LogP contribution in [0.15, 0.2) is 36.5 Å². The van der Waals surface area contributed by atoms with Gasteiger partial charge in [-0.2, -0.15) is 5.10 Å². The van der Waals surface area contributed by atoms with Crippen LogP contribution >= 0.6 is 12.2 Å². The lowest BCUT2D eigenvalue weighted by Gasteiger charge is -2.19. The molecule has 6 heteroatoms. The molecule has 0 saturated carbocycles. The maximum absolute atomic E-state index is 12.9. The van der Waals surface area contributed by atoms with E-state index in [0.29, 0.717) is 11.4 Å². The number of halogens is 1. The number of thiocarbonyl (C=S) groups is 1. The Bertz CT molecular complexity index is 571. The first-order valence-electron chi connectivity index (χ1n) is 5.20. The van der Waals surface area contributed by atoms with Gasteiger partial charge in [-0.1, -0.05) is 12.2 Å². The lowest BCUT2D eigenvalue weighted by Crippen LogP contribution is -2.19. The van der Waals surface area contributed by atoms with Crippen LogP contribution in [0, 0.1) is 5.82 Å². The molecule has 2 N–H and O–H groups in total. The molecular weight excluding hydrogens is 251 g/mol. The fourth-order valence-electron chi connectivity index (χ4n) is 1.55. The van der Waals surface area contributed by atoms with E-state index in [1.165, 1.54) is 18.3 Å². The van der Waals surface area contributed by atoms with E-state index in [2.05, 4.69) is 10.2 Å². The molecule has 18 heavy (non-hydrogen) atoms. The van der Waals surface area contributed by atoms with E-state index in [4.69, 9.17) is 18.0 Å². The van der Waals surface area contributed by atoms with Crippen LogP contribution in [0.4, 0.5) is 15.9 Å². The van der Waals surface area contributed by atoms with Gasteiger partial charge < -0.3 is 10.6 Å². The van der Waals surface area contributed by atoms with Crippen LogP contribution in [-0.4, -0.2) is 22.2 Å². The van der Waals surface area contributed by atoms with E-state index in [1.807, 2.05) is 0 Å². The van der Waals surface area contributed by atoms with Crippen molar-refractivity contribution in [2.24, 2.45) is 5.73 Å². The Morgan fingerprint density at radius 3 is 2.56 bits per heavy atom. The molecule has 0 aliphatic carbocycles. The van der Waals surface area contributed by atoms with Gasteiger partial charge in [0.1, 0.15) is 10.8 Å². The predicted molar refractivity (Wildman–Crippen MR) is 72.4 cm³/mol. The van der Waals surface area contributed by atoms with Gasteiger partial charge in [0.15, 0.2) is 5.82 Å². The minimum atomic E-state index is -0.291. The smallest absolute Gasteiger partial charge is 0.165 e. The topological polar surface area (TPSA) is 55.0 Å². The maximum Gasteiger partial charge on any atom is 0.165 e. The average molecular weight is 262 g/mol. The highest BCUT2D eigenvalue weighted by molar-refractivity contribution is 7.80. The Labute approximate surface area is 109 Å². The molecule has 1 heterocycles. The second-order valence-corrected chi connectivity index (χ2v) is 4.11. The summed E-state index contributed by atoms with van der Waals surface area (Å²) in [4.78, 5) is 2.00. The Morgan fingerprint density at radius 1 is 1.28 bits per heavy atom. The Hall–Kier alpha value is -2.08. The molecule has 1 aromatic heterocycles. The maximum atomic E-state index is 12.9. The van der Waals surface area contributed by atoms with Crippen molar-refractivity contribution < 1.29 is 4.39 Å². The van der Waals surface area contributed by atoms with Crippen molar-refractivity contribution in [1.82, 2.24) is 10.2 Å². The summed E-state index contributed by atoms with van der Waals surface area (Å²) < 4.78 is 12.9. The predicted octanol–water partition coefficient (Wildman–Crippen LogP) is 2.02. The fourth-order valence-corrected chi connectivity index (χ4v) is 1.71. The zero-order valence-corrected chi connectivity index (χ0v) is 10.5. The largest absolute Gasteiger partial charge is 0.389 e. The summed E-state index contributed by atoms with van der Waals surface area (Å²) in [5.41, 5.74) is 7.04. The number of anilines is 2. The van der Waals surface area contributed by atoms with Gasteiger partial charge in [-0.3, -0.25) is 0 Å². The molecule has 2 aromatic rings. The molecule has 0 fully saturated rings. The molecule has 92 valence electrons. The van der Waals surface area contributed by atoms with Gasteiger partial charge in [-0.05, 0) is 30.3 Å². The number of hydrogen-bond acceptors (Lipinski definition) is 4. The van der Waals surface area contributed by atoms with E-state index < -0.39 is 0 Å². The molecule has 0 aliphatic heterocycles. The highest BCUT2D eigenvalue weighted by Crippen LogP contribution is 2.24. The highest BCUT2D eigenvalue weighted by atomic mass is 32.1. The SMILES string of the molecule is CN(c1ccc(F)cc1)c1nnccc1C(N)=S. The van der Waals surface area contributed by atoms with Crippen molar-refractivity contribution in [1.29, 1.82) is 0 Å². The second kappa shape index (κ2) is 5.05. The first-order valence-corrected chi connectivity index (χ1v) is 5.61. The van der Waals surface area contributed by atoms with Gasteiger partial charge in [0.25, 0.3) is 0 Å². The van der Waals surface area contributed by atoms with Crippen LogP contribution < -0.4 is 10.6 Å². The number of aromatic nitrogens is 2. The minimum absolute atomic E-state index is 0.244. The summed E-state index contributed by atoms with van der Waals surface area (Å²) in [6.45, 7) is 0. The van der Waals surface area contributed by atoms with Gasteiger partial charge >= 0.3 is 0 Å². The molecule has 0 bridgehead atoms. The number of hydrogen-bond donors (Lipinski definition) is 1. The molecule has 0 unspecified atom stereocenters. The number of nitrogens with zero attached hydrogens (tertiary/aromatic N) is 3. The Balaban J connectivity index is 2.42. The summed E-state index contributed by atoms with van der Waals surface area (Å²) in [5.74, 6) is 0.248. The van der Waals surface area contributed by atoms with Crippen molar-refractivity contribution >= 4 is 28.7 Å². The molecule has 0 atom stereocenters. The van der Waals surface area contributed by atoms with Crippen molar-refractivity contribution in [3.63, 3.8) is 0 Å². The first kappa shape index (κ1) is 12.4. The number of benzene rings is 1. The Morgan fingerprint density at radius 2 is 1.94 bits per heavy atom. The van der Waals surface area contributed by atoms with Crippen LogP contribution in [0.25, 0.3) is 0 Å². The third-order valence-corrected chi connectivity index (χ3v) is 2.72. The molecule has 0 spiro atoms. The minimum Gasteiger partial charge on any atom is -0.389 e. The summed E-state index contributed by atoms with van der Waals surface area (Å²) in [5, 5.41) is 7.82. The zero-order chi connectivity index (χ0) is 13.1. The van der Waals surface area contributed by atoms with Gasteiger partial charge in [-0.25, -0.2) is 4.39 Å². The lowest BCUT2D eigenvalue weighted by molar-refractivity contribution is 0.628. The van der Waals surface area contributed by atoms with Gasteiger partial charge in [0.05, 0.1) is 11.8 Å². The summed E-state index contributed by atoms with van der Waals surface area (Å²) in [7, 11) is 1.79. The monoisotopic (exact) mass is 262 g/mol. The van der Waals surface area contributed by atoms with E-state index in [0.717, 1.165) is 5.69 Å². The van der Waals surface area contributed by atoms with Gasteiger partial charge in [-0.15, -0.1) is 5.10 Å². The molecule has 1 aromatic carbocycles. The quantitative estimate of drug-likeness (QED) is 0.858. The standard InChI is InChI=1S/C12H11FN4S/c1-17(9-4-2-8(13)3-5-9)12-10(11(14)18)6-7-15-16-12/h2-7H,1H3,(H2,14,18). The second-order valence-electron chi connectivity index (χ2n) is 3.67. The fraction of sp³-hybridized carbons (Fsp3) is 0.0833. The molecule has 0 radical (unpaired) electrons. The van der Waals surface area contributed by atoms with E-state index in [-0.39, 0.29) is 10.8 Å². The molecule has 2 rings (SSSR count). The third-order valence-electron chi connectivity index (χ3n) is 2.50. The van der Waals surface area contributed by atoms with Gasteiger partial charge in [0, 0.05) is 12.7 Å². The first-order chi connectivity index (χ1) is 8.59. The van der Waals surface area contributed by atoms with Crippen LogP contribution in [0.2, 0.25) is 0 Å². The summed E-state index contributed by atoms with van der Waals surface area (Å²) in [6.07, 6.45) is 1.52. The van der Waals surface area contributed by atoms with E-state index in [1.54, 1.807) is 30.1 Å². The van der Waals surface area contributed by atoms with Crippen LogP contribution in [0.3, 0.4) is 0 Å².